The van der Waals surface area contributed by atoms with E-state index in [0.717, 1.165) is 0 Å². The van der Waals surface area contributed by atoms with Gasteiger partial charge in [-0.15, -0.1) is 28.2 Å². The summed E-state index contributed by atoms with van der Waals surface area (Å²) in [5.41, 5.74) is 1.32. The zero-order chi connectivity index (χ0) is 20.7. The molecule has 4 aromatic rings. The number of hydrogen-bond acceptors (Lipinski definition) is 0. The zero-order valence-electron chi connectivity index (χ0n) is 17.9. The molecule has 4 aromatic carbocycles. The van der Waals surface area contributed by atoms with E-state index < -0.39 is 16.0 Å². The molecule has 3 heteroatoms. The van der Waals surface area contributed by atoms with Crippen LogP contribution in [0.2, 0.25) is 19.6 Å². The molecule has 0 bridgehead atoms. The third-order valence-electron chi connectivity index (χ3n) is 4.76. The monoisotopic (exact) mass is 468 g/mol. The Morgan fingerprint density at radius 3 is 1.57 bits per heavy atom. The third kappa shape index (κ3) is 6.03. The van der Waals surface area contributed by atoms with Gasteiger partial charge in [0.1, 0.15) is 0 Å². The minimum atomic E-state index is -1.47. The van der Waals surface area contributed by atoms with Crippen LogP contribution in [-0.2, 0) is 17.1 Å². The van der Waals surface area contributed by atoms with Gasteiger partial charge in [-0.25, -0.2) is 0 Å². The molecule has 0 unspecified atom stereocenters. The van der Waals surface area contributed by atoms with Crippen molar-refractivity contribution in [3.63, 3.8) is 0 Å². The second-order valence-electron chi connectivity index (χ2n) is 7.97. The largest absolute Gasteiger partial charge is 0.748 e. The molecule has 0 aliphatic carbocycles. The van der Waals surface area contributed by atoms with E-state index in [-0.39, 0.29) is 17.1 Å². The molecule has 160 valence electrons. The van der Waals surface area contributed by atoms with Crippen LogP contribution in [0.15, 0.2) is 110 Å². The second kappa shape index (κ2) is 11.4. The van der Waals surface area contributed by atoms with Gasteiger partial charge in [0.25, 0.3) is 0 Å². The SMILES string of the molecule is C=C[c-]1ccc(P(c2ccccc2)c2ccccc2)c1[Si](C)(C)C.[Fe].[cH-]1[cH-][cH-][cH-][cH-]1. The molecule has 0 amide bonds. The third-order valence-corrected chi connectivity index (χ3v) is 9.51. The van der Waals surface area contributed by atoms with E-state index >= 15 is 0 Å². The summed E-state index contributed by atoms with van der Waals surface area (Å²) < 4.78 is 0. The maximum Gasteiger partial charge on any atom is 0.0575 e. The number of hydrogen-bond donors (Lipinski definition) is 0. The average molecular weight is 468 g/mol. The van der Waals surface area contributed by atoms with Gasteiger partial charge in [0.05, 0.1) is 8.07 Å². The van der Waals surface area contributed by atoms with Crippen LogP contribution in [0.4, 0.5) is 0 Å². The van der Waals surface area contributed by atoms with Crippen molar-refractivity contribution in [2.24, 2.45) is 0 Å². The quantitative estimate of drug-likeness (QED) is 0.199. The molecule has 0 aromatic heterocycles. The van der Waals surface area contributed by atoms with Gasteiger partial charge < -0.3 is 30.3 Å². The summed E-state index contributed by atoms with van der Waals surface area (Å²) in [6, 6.07) is 36.5. The van der Waals surface area contributed by atoms with Crippen LogP contribution in [0.3, 0.4) is 0 Å². The van der Waals surface area contributed by atoms with E-state index in [1.54, 1.807) is 5.19 Å². The smallest absolute Gasteiger partial charge is 0.0575 e. The molecule has 0 saturated heterocycles. The standard InChI is InChI=1S/C22H24PSi.C5H5.Fe/c1-5-18-16-17-21(22(18)24(2,3)4)23(19-12-8-6-9-13-19)20-14-10-7-11-15-20;1-2-4-5-3-1;/h5-17H,1H2,2-4H3;1-5H;/q-1;-5;. The Bertz CT molecular complexity index is 939. The Kier molecular flexibility index (Phi) is 9.27. The van der Waals surface area contributed by atoms with Gasteiger partial charge in [-0.05, 0) is 10.6 Å². The van der Waals surface area contributed by atoms with Crippen molar-refractivity contribution in [1.82, 2.24) is 0 Å². The molecule has 0 radical (unpaired) electrons. The Morgan fingerprint density at radius 1 is 0.767 bits per heavy atom. The van der Waals surface area contributed by atoms with E-state index in [2.05, 4.69) is 99.0 Å². The Balaban J connectivity index is 0.000000468. The van der Waals surface area contributed by atoms with Crippen molar-refractivity contribution in [2.75, 3.05) is 0 Å². The van der Waals surface area contributed by atoms with E-state index in [9.17, 15) is 0 Å². The van der Waals surface area contributed by atoms with E-state index in [1.165, 1.54) is 21.5 Å². The van der Waals surface area contributed by atoms with Crippen molar-refractivity contribution in [1.29, 1.82) is 0 Å². The van der Waals surface area contributed by atoms with Crippen molar-refractivity contribution >= 4 is 43.2 Å². The summed E-state index contributed by atoms with van der Waals surface area (Å²) in [5.74, 6) is 0. The second-order valence-corrected chi connectivity index (χ2v) is 15.2. The first-order chi connectivity index (χ1) is 14.0. The first kappa shape index (κ1) is 24.3. The van der Waals surface area contributed by atoms with E-state index in [4.69, 9.17) is 0 Å². The number of rotatable bonds is 5. The fraction of sp³-hybridized carbons (Fsp3) is 0.111. The maximum absolute atomic E-state index is 4.05. The summed E-state index contributed by atoms with van der Waals surface area (Å²) >= 11 is 0. The molecule has 0 fully saturated rings. The van der Waals surface area contributed by atoms with Crippen LogP contribution < -0.4 is 21.1 Å². The average Bonchev–Trinajstić information content (AvgIpc) is 3.43. The molecule has 30 heavy (non-hydrogen) atoms. The van der Waals surface area contributed by atoms with Crippen molar-refractivity contribution in [2.45, 2.75) is 19.6 Å². The predicted molar refractivity (Wildman–Crippen MR) is 136 cm³/mol. The summed E-state index contributed by atoms with van der Waals surface area (Å²) in [7, 11) is -2.00. The van der Waals surface area contributed by atoms with Crippen LogP contribution in [0.25, 0.3) is 6.08 Å². The number of benzene rings is 2. The topological polar surface area (TPSA) is 0 Å². The van der Waals surface area contributed by atoms with Gasteiger partial charge in [-0.1, -0.05) is 88.2 Å². The Morgan fingerprint density at radius 2 is 1.20 bits per heavy atom. The molecule has 0 nitrogen and oxygen atoms in total. The van der Waals surface area contributed by atoms with Gasteiger partial charge in [0.2, 0.25) is 0 Å². The maximum atomic E-state index is 4.05. The van der Waals surface area contributed by atoms with Crippen molar-refractivity contribution in [3.05, 3.63) is 115 Å². The first-order valence-corrected chi connectivity index (χ1v) is 14.9. The van der Waals surface area contributed by atoms with Crippen molar-refractivity contribution in [3.8, 4) is 0 Å². The van der Waals surface area contributed by atoms with Crippen LogP contribution in [0.5, 0.6) is 0 Å². The molecule has 0 aliphatic rings. The molecule has 0 atom stereocenters. The molecular formula is C27H29FePSi-6. The minimum absolute atomic E-state index is 0. The van der Waals surface area contributed by atoms with Crippen LogP contribution in [0, 0.1) is 0 Å². The summed E-state index contributed by atoms with van der Waals surface area (Å²) in [6.45, 7) is 11.4. The molecule has 0 spiro atoms. The molecule has 0 saturated carbocycles. The summed E-state index contributed by atoms with van der Waals surface area (Å²) in [6.07, 6.45) is 2.03. The van der Waals surface area contributed by atoms with Gasteiger partial charge >= 0.3 is 0 Å². The molecule has 0 heterocycles. The first-order valence-electron chi connectivity index (χ1n) is 10.0. The van der Waals surface area contributed by atoms with Crippen molar-refractivity contribution < 1.29 is 17.1 Å². The fourth-order valence-electron chi connectivity index (χ4n) is 3.56. The molecule has 0 aliphatic heterocycles. The summed E-state index contributed by atoms with van der Waals surface area (Å²) in [4.78, 5) is 0. The normalized spacial score (nSPS) is 10.7. The van der Waals surface area contributed by atoms with Crippen LogP contribution >= 0.6 is 7.92 Å². The molecule has 4 rings (SSSR count). The molecule has 0 N–H and O–H groups in total. The van der Waals surface area contributed by atoms with Gasteiger partial charge in [-0.2, -0.15) is 12.6 Å². The van der Waals surface area contributed by atoms with Gasteiger partial charge in [0, 0.05) is 17.1 Å². The van der Waals surface area contributed by atoms with Crippen LogP contribution in [0.1, 0.15) is 5.56 Å². The summed E-state index contributed by atoms with van der Waals surface area (Å²) in [5, 5.41) is 5.91. The Hall–Kier alpha value is -1.95. The van der Waals surface area contributed by atoms with E-state index in [1.807, 2.05) is 36.4 Å². The minimum Gasteiger partial charge on any atom is -0.748 e. The van der Waals surface area contributed by atoms with Crippen LogP contribution in [-0.4, -0.2) is 8.07 Å². The zero-order valence-corrected chi connectivity index (χ0v) is 20.9. The van der Waals surface area contributed by atoms with Gasteiger partial charge in [0.15, 0.2) is 0 Å². The molecular weight excluding hydrogens is 439 g/mol. The van der Waals surface area contributed by atoms with E-state index in [0.29, 0.717) is 0 Å². The Labute approximate surface area is 194 Å². The van der Waals surface area contributed by atoms with Gasteiger partial charge in [-0.3, -0.25) is 0 Å². The fourth-order valence-corrected chi connectivity index (χ4v) is 9.18. The predicted octanol–water partition coefficient (Wildman–Crippen LogP) is 5.75.